The number of amides is 1. The van der Waals surface area contributed by atoms with Gasteiger partial charge in [-0.15, -0.1) is 0 Å². The van der Waals surface area contributed by atoms with Crippen molar-refractivity contribution < 1.29 is 4.79 Å². The minimum Gasteiger partial charge on any atom is -0.370 e. The highest BCUT2D eigenvalue weighted by atomic mass is 16.2. The van der Waals surface area contributed by atoms with Crippen molar-refractivity contribution in [2.45, 2.75) is 19.8 Å². The average Bonchev–Trinajstić information content (AvgIpc) is 3.17. The Morgan fingerprint density at radius 3 is 2.69 bits per heavy atom. The minimum atomic E-state index is -0.440. The third kappa shape index (κ3) is 2.94. The lowest BCUT2D eigenvalue weighted by Gasteiger charge is -2.21. The Morgan fingerprint density at radius 2 is 1.88 bits per heavy atom. The standard InChI is InChI=1S/C20H20N4O2/c1-14-8-9-18-21-12-15(20(26)24(18)13-14)19(25)22-16-6-2-3-7-17(16)23-10-4-5-11-23/h2-3,6-9,12-13H,4-5,10-11H2,1H3,(H,22,25). The summed E-state index contributed by atoms with van der Waals surface area (Å²) < 4.78 is 1.41. The summed E-state index contributed by atoms with van der Waals surface area (Å²) in [7, 11) is 0. The lowest BCUT2D eigenvalue weighted by Crippen LogP contribution is -2.27. The first-order valence-corrected chi connectivity index (χ1v) is 8.77. The molecule has 3 heterocycles. The number of carbonyl (C=O) groups excluding carboxylic acids is 1. The summed E-state index contributed by atoms with van der Waals surface area (Å²) in [5, 5.41) is 2.89. The lowest BCUT2D eigenvalue weighted by atomic mass is 10.2. The Morgan fingerprint density at radius 1 is 1.12 bits per heavy atom. The highest BCUT2D eigenvalue weighted by Gasteiger charge is 2.19. The fourth-order valence-electron chi connectivity index (χ4n) is 3.34. The molecule has 2 aromatic heterocycles. The van der Waals surface area contributed by atoms with Gasteiger partial charge < -0.3 is 10.2 Å². The molecule has 0 atom stereocenters. The van der Waals surface area contributed by atoms with Gasteiger partial charge in [-0.3, -0.25) is 14.0 Å². The molecule has 0 bridgehead atoms. The number of rotatable bonds is 3. The number of anilines is 2. The molecule has 132 valence electrons. The summed E-state index contributed by atoms with van der Waals surface area (Å²) in [6.07, 6.45) is 5.34. The SMILES string of the molecule is Cc1ccc2ncc(C(=O)Nc3ccccc3N3CCCC3)c(=O)n2c1. The Bertz CT molecular complexity index is 1040. The van der Waals surface area contributed by atoms with Gasteiger partial charge in [-0.1, -0.05) is 18.2 Å². The van der Waals surface area contributed by atoms with Crippen LogP contribution in [0.1, 0.15) is 28.8 Å². The monoisotopic (exact) mass is 348 g/mol. The van der Waals surface area contributed by atoms with Crippen molar-refractivity contribution in [2.75, 3.05) is 23.3 Å². The number of fused-ring (bicyclic) bond motifs is 1. The van der Waals surface area contributed by atoms with Crippen molar-refractivity contribution >= 4 is 22.9 Å². The van der Waals surface area contributed by atoms with Crippen LogP contribution in [0.25, 0.3) is 5.65 Å². The Kier molecular flexibility index (Phi) is 4.16. The molecule has 4 rings (SSSR count). The first-order chi connectivity index (χ1) is 12.6. The fourth-order valence-corrected chi connectivity index (χ4v) is 3.34. The number of aryl methyl sites for hydroxylation is 1. The molecule has 1 fully saturated rings. The Labute approximate surface area is 151 Å². The van der Waals surface area contributed by atoms with E-state index in [1.54, 1.807) is 12.3 Å². The van der Waals surface area contributed by atoms with E-state index >= 15 is 0 Å². The van der Waals surface area contributed by atoms with E-state index < -0.39 is 5.91 Å². The maximum absolute atomic E-state index is 12.7. The van der Waals surface area contributed by atoms with E-state index in [1.807, 2.05) is 37.3 Å². The summed E-state index contributed by atoms with van der Waals surface area (Å²) in [6, 6.07) is 11.3. The van der Waals surface area contributed by atoms with Gasteiger partial charge in [0.15, 0.2) is 0 Å². The first kappa shape index (κ1) is 16.3. The number of hydrogen-bond acceptors (Lipinski definition) is 4. The van der Waals surface area contributed by atoms with E-state index in [1.165, 1.54) is 10.6 Å². The molecule has 1 saturated heterocycles. The molecule has 0 spiro atoms. The quantitative estimate of drug-likeness (QED) is 0.790. The van der Waals surface area contributed by atoms with Gasteiger partial charge in [0, 0.05) is 25.5 Å². The second-order valence-corrected chi connectivity index (χ2v) is 6.58. The van der Waals surface area contributed by atoms with Crippen molar-refractivity contribution in [3.05, 3.63) is 70.3 Å². The van der Waals surface area contributed by atoms with Crippen LogP contribution in [0, 0.1) is 6.92 Å². The molecule has 0 unspecified atom stereocenters. The molecule has 1 amide bonds. The van der Waals surface area contributed by atoms with Gasteiger partial charge >= 0.3 is 0 Å². The zero-order valence-electron chi connectivity index (χ0n) is 14.6. The smallest absolute Gasteiger partial charge is 0.270 e. The van der Waals surface area contributed by atoms with Crippen LogP contribution in [0.2, 0.25) is 0 Å². The van der Waals surface area contributed by atoms with Crippen LogP contribution in [-0.4, -0.2) is 28.4 Å². The van der Waals surface area contributed by atoms with E-state index in [9.17, 15) is 9.59 Å². The molecule has 0 radical (unpaired) electrons. The van der Waals surface area contributed by atoms with Crippen LogP contribution in [0.15, 0.2) is 53.6 Å². The number of nitrogens with one attached hydrogen (secondary N) is 1. The molecular formula is C20H20N4O2. The highest BCUT2D eigenvalue weighted by molar-refractivity contribution is 6.05. The van der Waals surface area contributed by atoms with Gasteiger partial charge in [-0.2, -0.15) is 0 Å². The predicted octanol–water partition coefficient (Wildman–Crippen LogP) is 2.86. The van der Waals surface area contributed by atoms with Crippen molar-refractivity contribution in [1.82, 2.24) is 9.38 Å². The van der Waals surface area contributed by atoms with E-state index in [2.05, 4.69) is 15.2 Å². The molecule has 0 saturated carbocycles. The van der Waals surface area contributed by atoms with Crippen molar-refractivity contribution in [1.29, 1.82) is 0 Å². The average molecular weight is 348 g/mol. The second kappa shape index (κ2) is 6.63. The fraction of sp³-hybridized carbons (Fsp3) is 0.250. The molecular weight excluding hydrogens is 328 g/mol. The third-order valence-corrected chi connectivity index (χ3v) is 4.69. The second-order valence-electron chi connectivity index (χ2n) is 6.58. The normalized spacial score (nSPS) is 14.0. The van der Waals surface area contributed by atoms with Crippen LogP contribution >= 0.6 is 0 Å². The molecule has 0 aliphatic carbocycles. The van der Waals surface area contributed by atoms with Crippen LogP contribution < -0.4 is 15.8 Å². The van der Waals surface area contributed by atoms with Gasteiger partial charge in [0.05, 0.1) is 11.4 Å². The van der Waals surface area contributed by atoms with E-state index in [0.717, 1.165) is 37.2 Å². The number of para-hydroxylation sites is 2. The maximum atomic E-state index is 12.7. The Hall–Kier alpha value is -3.15. The predicted molar refractivity (Wildman–Crippen MR) is 102 cm³/mol. The van der Waals surface area contributed by atoms with Gasteiger partial charge in [-0.05, 0) is 43.5 Å². The van der Waals surface area contributed by atoms with Gasteiger partial charge in [-0.25, -0.2) is 4.98 Å². The summed E-state index contributed by atoms with van der Waals surface area (Å²) in [4.78, 5) is 31.9. The zero-order chi connectivity index (χ0) is 18.1. The molecule has 3 aromatic rings. The van der Waals surface area contributed by atoms with Gasteiger partial charge in [0.2, 0.25) is 0 Å². The van der Waals surface area contributed by atoms with Crippen molar-refractivity contribution in [2.24, 2.45) is 0 Å². The summed E-state index contributed by atoms with van der Waals surface area (Å²) in [5.41, 5.74) is 2.82. The summed E-state index contributed by atoms with van der Waals surface area (Å²) in [5.74, 6) is -0.440. The van der Waals surface area contributed by atoms with E-state index in [4.69, 9.17) is 0 Å². The van der Waals surface area contributed by atoms with Crippen LogP contribution in [0.3, 0.4) is 0 Å². The molecule has 1 aliphatic rings. The molecule has 1 aromatic carbocycles. The third-order valence-electron chi connectivity index (χ3n) is 4.69. The van der Waals surface area contributed by atoms with Gasteiger partial charge in [0.1, 0.15) is 11.2 Å². The van der Waals surface area contributed by atoms with E-state index in [0.29, 0.717) is 11.3 Å². The van der Waals surface area contributed by atoms with Crippen molar-refractivity contribution in [3.8, 4) is 0 Å². The number of hydrogen-bond donors (Lipinski definition) is 1. The van der Waals surface area contributed by atoms with Crippen LogP contribution in [0.5, 0.6) is 0 Å². The Balaban J connectivity index is 1.68. The topological polar surface area (TPSA) is 66.7 Å². The van der Waals surface area contributed by atoms with E-state index in [-0.39, 0.29) is 11.1 Å². The zero-order valence-corrected chi connectivity index (χ0v) is 14.6. The number of aromatic nitrogens is 2. The lowest BCUT2D eigenvalue weighted by molar-refractivity contribution is 0.102. The van der Waals surface area contributed by atoms with Crippen LogP contribution in [0.4, 0.5) is 11.4 Å². The minimum absolute atomic E-state index is 0.0318. The molecule has 26 heavy (non-hydrogen) atoms. The molecule has 1 N–H and O–H groups in total. The largest absolute Gasteiger partial charge is 0.370 e. The molecule has 1 aliphatic heterocycles. The number of carbonyl (C=O) groups is 1. The number of pyridine rings is 1. The van der Waals surface area contributed by atoms with Crippen molar-refractivity contribution in [3.63, 3.8) is 0 Å². The first-order valence-electron chi connectivity index (χ1n) is 8.77. The summed E-state index contributed by atoms with van der Waals surface area (Å²) >= 11 is 0. The maximum Gasteiger partial charge on any atom is 0.270 e. The van der Waals surface area contributed by atoms with Gasteiger partial charge in [0.25, 0.3) is 11.5 Å². The molecule has 6 nitrogen and oxygen atoms in total. The number of benzene rings is 1. The van der Waals surface area contributed by atoms with Crippen LogP contribution in [-0.2, 0) is 0 Å². The highest BCUT2D eigenvalue weighted by Crippen LogP contribution is 2.28. The number of nitrogens with zero attached hydrogens (tertiary/aromatic N) is 3. The summed E-state index contributed by atoms with van der Waals surface area (Å²) in [6.45, 7) is 3.85. The molecule has 6 heteroatoms.